The first-order chi connectivity index (χ1) is 11.1. The quantitative estimate of drug-likeness (QED) is 0.852. The van der Waals surface area contributed by atoms with Crippen LogP contribution in [0.1, 0.15) is 31.2 Å². The number of nitrogens with zero attached hydrogens (tertiary/aromatic N) is 3. The Bertz CT molecular complexity index is 540. The second-order valence-electron chi connectivity index (χ2n) is 6.59. The molecule has 1 aromatic rings. The lowest BCUT2D eigenvalue weighted by atomic mass is 9.96. The Morgan fingerprint density at radius 1 is 1.22 bits per heavy atom. The summed E-state index contributed by atoms with van der Waals surface area (Å²) < 4.78 is 0. The van der Waals surface area contributed by atoms with E-state index in [0.29, 0.717) is 13.1 Å². The molecular weight excluding hydrogens is 310 g/mol. The van der Waals surface area contributed by atoms with Crippen molar-refractivity contribution in [3.05, 3.63) is 22.4 Å². The number of piperidine rings is 1. The molecule has 0 aromatic carbocycles. The summed E-state index contributed by atoms with van der Waals surface area (Å²) in [6, 6.07) is 2.18. The molecule has 2 fully saturated rings. The number of carbonyl (C=O) groups excluding carboxylic acids is 2. The van der Waals surface area contributed by atoms with E-state index in [9.17, 15) is 9.59 Å². The van der Waals surface area contributed by atoms with Gasteiger partial charge in [-0.05, 0) is 48.1 Å². The molecule has 0 N–H and O–H groups in total. The molecule has 23 heavy (non-hydrogen) atoms. The summed E-state index contributed by atoms with van der Waals surface area (Å²) in [5.41, 5.74) is 1.17. The fraction of sp³-hybridized carbons (Fsp3) is 0.647. The average Bonchev–Trinajstić information content (AvgIpc) is 3.27. The lowest BCUT2D eigenvalue weighted by Crippen LogP contribution is -2.49. The van der Waals surface area contributed by atoms with Gasteiger partial charge in [0.2, 0.25) is 5.91 Å². The van der Waals surface area contributed by atoms with Crippen LogP contribution >= 0.6 is 11.3 Å². The molecule has 0 saturated carbocycles. The Labute approximate surface area is 141 Å². The summed E-state index contributed by atoms with van der Waals surface area (Å²) in [5.74, 6) is 0.106. The standard InChI is InChI=1S/C17H25N3O2S/c1-18(11-14-6-10-23-13-14)16(21)15-5-4-9-20(12-15)17(22)19-7-2-3-8-19/h6,10,13,15H,2-5,7-9,11-12H2,1H3/t15-/m1/s1. The van der Waals surface area contributed by atoms with Gasteiger partial charge in [0.05, 0.1) is 5.92 Å². The first-order valence-corrected chi connectivity index (χ1v) is 9.39. The molecule has 6 heteroatoms. The van der Waals surface area contributed by atoms with Crippen LogP contribution in [-0.2, 0) is 11.3 Å². The van der Waals surface area contributed by atoms with Gasteiger partial charge in [0.1, 0.15) is 0 Å². The molecule has 0 radical (unpaired) electrons. The van der Waals surface area contributed by atoms with Crippen molar-refractivity contribution in [1.29, 1.82) is 0 Å². The first kappa shape index (κ1) is 16.3. The minimum absolute atomic E-state index is 0.0565. The Balaban J connectivity index is 1.56. The van der Waals surface area contributed by atoms with Crippen molar-refractivity contribution in [1.82, 2.24) is 14.7 Å². The molecule has 0 aliphatic carbocycles. The van der Waals surface area contributed by atoms with Crippen LogP contribution < -0.4 is 0 Å². The number of urea groups is 1. The minimum atomic E-state index is -0.0565. The van der Waals surface area contributed by atoms with E-state index < -0.39 is 0 Å². The van der Waals surface area contributed by atoms with Gasteiger partial charge in [-0.25, -0.2) is 4.79 Å². The molecule has 5 nitrogen and oxygen atoms in total. The van der Waals surface area contributed by atoms with Crippen LogP contribution in [-0.4, -0.2) is 59.9 Å². The molecule has 3 heterocycles. The highest BCUT2D eigenvalue weighted by Crippen LogP contribution is 2.22. The largest absolute Gasteiger partial charge is 0.341 e. The van der Waals surface area contributed by atoms with Crippen molar-refractivity contribution in [2.24, 2.45) is 5.92 Å². The van der Waals surface area contributed by atoms with E-state index in [-0.39, 0.29) is 17.9 Å². The van der Waals surface area contributed by atoms with E-state index in [1.807, 2.05) is 22.2 Å². The van der Waals surface area contributed by atoms with Crippen LogP contribution in [0.4, 0.5) is 4.79 Å². The maximum atomic E-state index is 12.7. The molecule has 1 aromatic heterocycles. The van der Waals surface area contributed by atoms with Gasteiger partial charge in [0.15, 0.2) is 0 Å². The van der Waals surface area contributed by atoms with E-state index >= 15 is 0 Å². The monoisotopic (exact) mass is 335 g/mol. The van der Waals surface area contributed by atoms with Gasteiger partial charge in [-0.3, -0.25) is 4.79 Å². The number of likely N-dealkylation sites (tertiary alicyclic amines) is 2. The molecule has 2 aliphatic rings. The second kappa shape index (κ2) is 7.34. The van der Waals surface area contributed by atoms with Gasteiger partial charge >= 0.3 is 6.03 Å². The molecule has 0 bridgehead atoms. The smallest absolute Gasteiger partial charge is 0.320 e. The number of hydrogen-bond donors (Lipinski definition) is 0. The van der Waals surface area contributed by atoms with Crippen molar-refractivity contribution < 1.29 is 9.59 Å². The Kier molecular flexibility index (Phi) is 5.20. The minimum Gasteiger partial charge on any atom is -0.341 e. The molecule has 126 valence electrons. The molecule has 3 rings (SSSR count). The highest BCUT2D eigenvalue weighted by Gasteiger charge is 2.32. The van der Waals surface area contributed by atoms with Crippen LogP contribution in [0.2, 0.25) is 0 Å². The number of carbonyl (C=O) groups is 2. The van der Waals surface area contributed by atoms with E-state index in [0.717, 1.165) is 45.3 Å². The number of amides is 3. The zero-order valence-electron chi connectivity index (χ0n) is 13.7. The zero-order chi connectivity index (χ0) is 16.2. The first-order valence-electron chi connectivity index (χ1n) is 8.45. The highest BCUT2D eigenvalue weighted by atomic mass is 32.1. The molecule has 3 amide bonds. The predicted octanol–water partition coefficient (Wildman–Crippen LogP) is 2.63. The summed E-state index contributed by atoms with van der Waals surface area (Å²) in [6.45, 7) is 3.74. The molecule has 0 spiro atoms. The molecule has 0 unspecified atom stereocenters. The summed E-state index contributed by atoms with van der Waals surface area (Å²) in [4.78, 5) is 30.8. The van der Waals surface area contributed by atoms with Crippen LogP contribution in [0.5, 0.6) is 0 Å². The van der Waals surface area contributed by atoms with Gasteiger partial charge in [0, 0.05) is 39.8 Å². The lowest BCUT2D eigenvalue weighted by molar-refractivity contribution is -0.136. The zero-order valence-corrected chi connectivity index (χ0v) is 14.6. The molecule has 1 atom stereocenters. The Morgan fingerprint density at radius 3 is 2.65 bits per heavy atom. The number of rotatable bonds is 3. The van der Waals surface area contributed by atoms with Crippen molar-refractivity contribution in [3.63, 3.8) is 0 Å². The van der Waals surface area contributed by atoms with E-state index in [2.05, 4.69) is 11.4 Å². The van der Waals surface area contributed by atoms with Crippen molar-refractivity contribution >= 4 is 23.3 Å². The number of thiophene rings is 1. The van der Waals surface area contributed by atoms with Gasteiger partial charge in [-0.15, -0.1) is 0 Å². The Hall–Kier alpha value is -1.56. The van der Waals surface area contributed by atoms with Crippen molar-refractivity contribution in [2.75, 3.05) is 33.2 Å². The van der Waals surface area contributed by atoms with Crippen LogP contribution in [0.3, 0.4) is 0 Å². The van der Waals surface area contributed by atoms with Gasteiger partial charge in [-0.1, -0.05) is 0 Å². The fourth-order valence-corrected chi connectivity index (χ4v) is 4.17. The average molecular weight is 335 g/mol. The third-order valence-electron chi connectivity index (χ3n) is 4.79. The van der Waals surface area contributed by atoms with Crippen LogP contribution in [0, 0.1) is 5.92 Å². The number of hydrogen-bond acceptors (Lipinski definition) is 3. The maximum absolute atomic E-state index is 12.7. The predicted molar refractivity (Wildman–Crippen MR) is 91.3 cm³/mol. The van der Waals surface area contributed by atoms with Crippen LogP contribution in [0.15, 0.2) is 16.8 Å². The van der Waals surface area contributed by atoms with E-state index in [1.165, 1.54) is 5.56 Å². The summed E-state index contributed by atoms with van der Waals surface area (Å²) in [5, 5.41) is 4.11. The van der Waals surface area contributed by atoms with E-state index in [4.69, 9.17) is 0 Å². The summed E-state index contributed by atoms with van der Waals surface area (Å²) in [6.07, 6.45) is 4.01. The maximum Gasteiger partial charge on any atom is 0.320 e. The molecular formula is C17H25N3O2S. The molecule has 2 saturated heterocycles. The SMILES string of the molecule is CN(Cc1ccsc1)C(=O)[C@@H]1CCCN(C(=O)N2CCCC2)C1. The normalized spacial score (nSPS) is 21.5. The summed E-state index contributed by atoms with van der Waals surface area (Å²) >= 11 is 1.65. The topological polar surface area (TPSA) is 43.9 Å². The third kappa shape index (κ3) is 3.86. The fourth-order valence-electron chi connectivity index (χ4n) is 3.51. The van der Waals surface area contributed by atoms with Crippen molar-refractivity contribution in [2.45, 2.75) is 32.2 Å². The summed E-state index contributed by atoms with van der Waals surface area (Å²) in [7, 11) is 1.86. The van der Waals surface area contributed by atoms with Gasteiger partial charge in [-0.2, -0.15) is 11.3 Å². The molecule has 2 aliphatic heterocycles. The highest BCUT2D eigenvalue weighted by molar-refractivity contribution is 7.07. The Morgan fingerprint density at radius 2 is 1.96 bits per heavy atom. The van der Waals surface area contributed by atoms with Gasteiger partial charge in [0.25, 0.3) is 0 Å². The third-order valence-corrected chi connectivity index (χ3v) is 5.53. The van der Waals surface area contributed by atoms with Crippen molar-refractivity contribution in [3.8, 4) is 0 Å². The van der Waals surface area contributed by atoms with E-state index in [1.54, 1.807) is 16.2 Å². The van der Waals surface area contributed by atoms with Crippen LogP contribution in [0.25, 0.3) is 0 Å². The van der Waals surface area contributed by atoms with Gasteiger partial charge < -0.3 is 14.7 Å². The second-order valence-corrected chi connectivity index (χ2v) is 7.37. The lowest BCUT2D eigenvalue weighted by Gasteiger charge is -2.36.